The van der Waals surface area contributed by atoms with Crippen LogP contribution in [0.3, 0.4) is 0 Å². The molecule has 0 saturated carbocycles. The van der Waals surface area contributed by atoms with E-state index in [9.17, 15) is 23.6 Å². The molecule has 0 heterocycles. The maximum atomic E-state index is 11.9. The SMILES string of the molecule is CC(C)CC(O)CNS(=O)(=O)Cc1ccc([N+](=O)[O-])cc1. The van der Waals surface area contributed by atoms with Gasteiger partial charge in [-0.1, -0.05) is 26.0 Å². The van der Waals surface area contributed by atoms with E-state index in [1.54, 1.807) is 0 Å². The summed E-state index contributed by atoms with van der Waals surface area (Å²) in [6, 6.07) is 5.33. The molecule has 0 bridgehead atoms. The Balaban J connectivity index is 2.57. The van der Waals surface area contributed by atoms with Gasteiger partial charge in [0.2, 0.25) is 10.0 Å². The van der Waals surface area contributed by atoms with Gasteiger partial charge in [-0.2, -0.15) is 0 Å². The summed E-state index contributed by atoms with van der Waals surface area (Å²) in [5.41, 5.74) is 0.364. The molecule has 118 valence electrons. The lowest BCUT2D eigenvalue weighted by molar-refractivity contribution is -0.384. The van der Waals surface area contributed by atoms with E-state index in [1.807, 2.05) is 13.8 Å². The highest BCUT2D eigenvalue weighted by molar-refractivity contribution is 7.88. The molecule has 1 aromatic carbocycles. The number of nitro benzene ring substituents is 1. The summed E-state index contributed by atoms with van der Waals surface area (Å²) in [5.74, 6) is -0.00136. The van der Waals surface area contributed by atoms with Crippen LogP contribution in [0, 0.1) is 16.0 Å². The number of hydrogen-bond donors (Lipinski definition) is 2. The Morgan fingerprint density at radius 1 is 1.29 bits per heavy atom. The van der Waals surface area contributed by atoms with Crippen LogP contribution >= 0.6 is 0 Å². The van der Waals surface area contributed by atoms with E-state index in [0.29, 0.717) is 12.0 Å². The fraction of sp³-hybridized carbons (Fsp3) is 0.538. The van der Waals surface area contributed by atoms with Gasteiger partial charge in [0.05, 0.1) is 16.8 Å². The molecular weight excluding hydrogens is 296 g/mol. The summed E-state index contributed by atoms with van der Waals surface area (Å²) in [6.07, 6.45) is -0.211. The Kier molecular flexibility index (Phi) is 6.25. The number of aliphatic hydroxyl groups excluding tert-OH is 1. The fourth-order valence-electron chi connectivity index (χ4n) is 1.83. The minimum Gasteiger partial charge on any atom is -0.392 e. The second kappa shape index (κ2) is 7.48. The van der Waals surface area contributed by atoms with E-state index < -0.39 is 21.1 Å². The molecule has 0 spiro atoms. The van der Waals surface area contributed by atoms with Crippen LogP contribution in [0.4, 0.5) is 5.69 Å². The number of aliphatic hydroxyl groups is 1. The highest BCUT2D eigenvalue weighted by Crippen LogP contribution is 2.13. The van der Waals surface area contributed by atoms with Crippen molar-refractivity contribution in [3.05, 3.63) is 39.9 Å². The quantitative estimate of drug-likeness (QED) is 0.557. The molecule has 21 heavy (non-hydrogen) atoms. The predicted molar refractivity (Wildman–Crippen MR) is 79.2 cm³/mol. The second-order valence-corrected chi connectivity index (χ2v) is 7.12. The van der Waals surface area contributed by atoms with Crippen LogP contribution in [0.1, 0.15) is 25.8 Å². The number of hydrogen-bond acceptors (Lipinski definition) is 5. The Morgan fingerprint density at radius 3 is 2.33 bits per heavy atom. The van der Waals surface area contributed by atoms with Crippen molar-refractivity contribution >= 4 is 15.7 Å². The van der Waals surface area contributed by atoms with Crippen molar-refractivity contribution in [2.45, 2.75) is 32.1 Å². The van der Waals surface area contributed by atoms with Gasteiger partial charge in [-0.25, -0.2) is 13.1 Å². The first-order valence-corrected chi connectivity index (χ1v) is 8.23. The highest BCUT2D eigenvalue weighted by Gasteiger charge is 2.15. The van der Waals surface area contributed by atoms with Crippen LogP contribution in [0.2, 0.25) is 0 Å². The predicted octanol–water partition coefficient (Wildman–Crippen LogP) is 1.42. The van der Waals surface area contributed by atoms with Crippen molar-refractivity contribution in [3.63, 3.8) is 0 Å². The molecule has 0 saturated heterocycles. The van der Waals surface area contributed by atoms with Gasteiger partial charge in [-0.3, -0.25) is 10.1 Å². The van der Waals surface area contributed by atoms with Crippen molar-refractivity contribution in [2.75, 3.05) is 6.54 Å². The van der Waals surface area contributed by atoms with Gasteiger partial charge in [0.25, 0.3) is 5.69 Å². The van der Waals surface area contributed by atoms with Crippen molar-refractivity contribution in [3.8, 4) is 0 Å². The van der Waals surface area contributed by atoms with Gasteiger partial charge in [-0.15, -0.1) is 0 Å². The van der Waals surface area contributed by atoms with Crippen LogP contribution in [-0.2, 0) is 15.8 Å². The lowest BCUT2D eigenvalue weighted by Gasteiger charge is -2.14. The third kappa shape index (κ3) is 6.65. The lowest BCUT2D eigenvalue weighted by Crippen LogP contribution is -2.33. The Morgan fingerprint density at radius 2 is 1.86 bits per heavy atom. The van der Waals surface area contributed by atoms with Gasteiger partial charge in [0, 0.05) is 18.7 Å². The molecular formula is C13H20N2O5S. The van der Waals surface area contributed by atoms with E-state index >= 15 is 0 Å². The summed E-state index contributed by atoms with van der Waals surface area (Å²) in [7, 11) is -3.58. The molecule has 0 fully saturated rings. The summed E-state index contributed by atoms with van der Waals surface area (Å²) in [6.45, 7) is 3.84. The number of sulfonamides is 1. The molecule has 2 N–H and O–H groups in total. The first-order valence-electron chi connectivity index (χ1n) is 6.58. The van der Waals surface area contributed by atoms with Crippen LogP contribution < -0.4 is 4.72 Å². The van der Waals surface area contributed by atoms with Crippen LogP contribution in [0.25, 0.3) is 0 Å². The largest absolute Gasteiger partial charge is 0.392 e. The van der Waals surface area contributed by atoms with E-state index in [4.69, 9.17) is 0 Å². The third-order valence-electron chi connectivity index (χ3n) is 2.79. The number of nitrogens with one attached hydrogen (secondary N) is 1. The summed E-state index contributed by atoms with van der Waals surface area (Å²) in [4.78, 5) is 9.97. The molecule has 0 aliphatic carbocycles. The van der Waals surface area contributed by atoms with E-state index in [1.165, 1.54) is 24.3 Å². The van der Waals surface area contributed by atoms with E-state index in [0.717, 1.165) is 0 Å². The zero-order valence-electron chi connectivity index (χ0n) is 12.0. The maximum Gasteiger partial charge on any atom is 0.269 e. The molecule has 1 atom stereocenters. The Labute approximate surface area is 124 Å². The fourth-order valence-corrected chi connectivity index (χ4v) is 3.01. The molecule has 0 radical (unpaired) electrons. The molecule has 0 aliphatic heterocycles. The average Bonchev–Trinajstić information content (AvgIpc) is 2.36. The molecule has 0 amide bonds. The smallest absolute Gasteiger partial charge is 0.269 e. The van der Waals surface area contributed by atoms with Crippen LogP contribution in [0.5, 0.6) is 0 Å². The lowest BCUT2D eigenvalue weighted by atomic mass is 10.1. The summed E-state index contributed by atoms with van der Waals surface area (Å²) < 4.78 is 26.0. The minimum atomic E-state index is -3.58. The number of rotatable bonds is 8. The molecule has 1 rings (SSSR count). The topological polar surface area (TPSA) is 110 Å². The molecule has 7 nitrogen and oxygen atoms in total. The standard InChI is InChI=1S/C13H20N2O5S/c1-10(2)7-13(16)8-14-21(19,20)9-11-3-5-12(6-4-11)15(17)18/h3-6,10,13-14,16H,7-9H2,1-2H3. The Hall–Kier alpha value is -1.51. The number of nitrogens with zero attached hydrogens (tertiary/aromatic N) is 1. The molecule has 0 aliphatic rings. The van der Waals surface area contributed by atoms with Gasteiger partial charge >= 0.3 is 0 Å². The van der Waals surface area contributed by atoms with Gasteiger partial charge in [-0.05, 0) is 17.9 Å². The molecule has 8 heteroatoms. The highest BCUT2D eigenvalue weighted by atomic mass is 32.2. The number of benzene rings is 1. The van der Waals surface area contributed by atoms with Crippen molar-refractivity contribution < 1.29 is 18.4 Å². The summed E-state index contributed by atoms with van der Waals surface area (Å²) >= 11 is 0. The molecule has 1 unspecified atom stereocenters. The minimum absolute atomic E-state index is 0.0342. The van der Waals surface area contributed by atoms with Crippen molar-refractivity contribution in [1.29, 1.82) is 0 Å². The van der Waals surface area contributed by atoms with E-state index in [-0.39, 0.29) is 23.9 Å². The average molecular weight is 316 g/mol. The number of non-ortho nitro benzene ring substituents is 1. The van der Waals surface area contributed by atoms with Gasteiger partial charge < -0.3 is 5.11 Å². The Bertz CT molecular complexity index is 569. The van der Waals surface area contributed by atoms with E-state index in [2.05, 4.69) is 4.72 Å². The number of nitro groups is 1. The first kappa shape index (κ1) is 17.5. The summed E-state index contributed by atoms with van der Waals surface area (Å²) in [5, 5.41) is 20.2. The van der Waals surface area contributed by atoms with Crippen molar-refractivity contribution in [1.82, 2.24) is 4.72 Å². The zero-order chi connectivity index (χ0) is 16.0. The normalized spacial score (nSPS) is 13.3. The third-order valence-corrected chi connectivity index (χ3v) is 4.11. The zero-order valence-corrected chi connectivity index (χ0v) is 12.8. The second-order valence-electron chi connectivity index (χ2n) is 5.31. The van der Waals surface area contributed by atoms with Crippen molar-refractivity contribution in [2.24, 2.45) is 5.92 Å². The molecule has 0 aromatic heterocycles. The van der Waals surface area contributed by atoms with Gasteiger partial charge in [0.15, 0.2) is 0 Å². The monoisotopic (exact) mass is 316 g/mol. The van der Waals surface area contributed by atoms with Crippen LogP contribution in [0.15, 0.2) is 24.3 Å². The molecule has 1 aromatic rings. The first-order chi connectivity index (χ1) is 9.69. The maximum absolute atomic E-state index is 11.9. The van der Waals surface area contributed by atoms with Gasteiger partial charge in [0.1, 0.15) is 0 Å². The van der Waals surface area contributed by atoms with Crippen LogP contribution in [-0.4, -0.2) is 31.1 Å².